The van der Waals surface area contributed by atoms with Crippen LogP contribution in [-0.4, -0.2) is 37.5 Å². The number of carbonyl (C=O) groups is 2. The van der Waals surface area contributed by atoms with Crippen LogP contribution in [-0.2, 0) is 9.53 Å². The Balaban J connectivity index is 2.71. The van der Waals surface area contributed by atoms with E-state index in [1.54, 1.807) is 39.8 Å². The highest BCUT2D eigenvalue weighted by Gasteiger charge is 2.16. The second-order valence-electron chi connectivity index (χ2n) is 6.37. The summed E-state index contributed by atoms with van der Waals surface area (Å²) in [5, 5.41) is 6.89. The number of methoxy groups -OCH3 is 2. The maximum atomic E-state index is 12.2. The van der Waals surface area contributed by atoms with Gasteiger partial charge in [-0.15, -0.1) is 0 Å². The highest BCUT2D eigenvalue weighted by Crippen LogP contribution is 2.35. The second-order valence-corrected chi connectivity index (χ2v) is 6.78. The Hall–Kier alpha value is -2.48. The average Bonchev–Trinajstić information content (AvgIpc) is 2.52. The number of hydrazone groups is 1. The van der Waals surface area contributed by atoms with Crippen LogP contribution in [0.25, 0.3) is 0 Å². The van der Waals surface area contributed by atoms with Gasteiger partial charge in [-0.3, -0.25) is 4.79 Å². The molecule has 0 aromatic heterocycles. The van der Waals surface area contributed by atoms with Gasteiger partial charge in [-0.1, -0.05) is 11.6 Å². The predicted octanol–water partition coefficient (Wildman–Crippen LogP) is 3.59. The average molecular weight is 386 g/mol. The molecule has 1 rings (SSSR count). The van der Waals surface area contributed by atoms with Gasteiger partial charge < -0.3 is 19.5 Å². The Morgan fingerprint density at radius 1 is 1.15 bits per heavy atom. The monoisotopic (exact) mass is 385 g/mol. The lowest BCUT2D eigenvalue weighted by Gasteiger charge is -2.18. The van der Waals surface area contributed by atoms with Gasteiger partial charge in [0.15, 0.2) is 0 Å². The lowest BCUT2D eigenvalue weighted by Crippen LogP contribution is -2.30. The number of nitrogens with zero attached hydrogens (tertiary/aromatic N) is 1. The molecule has 0 radical (unpaired) electrons. The zero-order valence-electron chi connectivity index (χ0n) is 15.7. The summed E-state index contributed by atoms with van der Waals surface area (Å²) in [6, 6.07) is 3.10. The Bertz CT molecular complexity index is 698. The van der Waals surface area contributed by atoms with Gasteiger partial charge in [-0.05, 0) is 27.7 Å². The first-order valence-corrected chi connectivity index (χ1v) is 8.17. The highest BCUT2D eigenvalue weighted by molar-refractivity contribution is 6.32. The molecule has 0 fully saturated rings. The van der Waals surface area contributed by atoms with Crippen molar-refractivity contribution in [1.82, 2.24) is 5.43 Å². The number of hydrogen-bond donors (Lipinski definition) is 2. The first-order chi connectivity index (χ1) is 12.1. The molecule has 2 N–H and O–H groups in total. The van der Waals surface area contributed by atoms with Gasteiger partial charge in [0.25, 0.3) is 0 Å². The third-order valence-corrected chi connectivity index (χ3v) is 3.20. The summed E-state index contributed by atoms with van der Waals surface area (Å²) in [5.74, 6) is 0.449. The van der Waals surface area contributed by atoms with Crippen LogP contribution >= 0.6 is 11.6 Å². The second kappa shape index (κ2) is 9.28. The summed E-state index contributed by atoms with van der Waals surface area (Å²) in [7, 11) is 2.93. The van der Waals surface area contributed by atoms with Crippen molar-refractivity contribution in [3.05, 3.63) is 17.2 Å². The molecule has 8 nitrogen and oxygen atoms in total. The van der Waals surface area contributed by atoms with E-state index in [-0.39, 0.29) is 12.3 Å². The summed E-state index contributed by atoms with van der Waals surface area (Å²) >= 11 is 6.03. The molecule has 0 spiro atoms. The smallest absolute Gasteiger partial charge is 0.428 e. The number of amides is 2. The third-order valence-electron chi connectivity index (χ3n) is 2.90. The minimum absolute atomic E-state index is 0.0378. The number of nitrogens with one attached hydrogen (secondary N) is 2. The topological polar surface area (TPSA) is 98.2 Å². The van der Waals surface area contributed by atoms with E-state index in [9.17, 15) is 9.59 Å². The lowest BCUT2D eigenvalue weighted by atomic mass is 10.2. The molecule has 0 aliphatic heterocycles. The minimum atomic E-state index is -0.693. The number of rotatable bonds is 6. The van der Waals surface area contributed by atoms with Crippen LogP contribution in [0.3, 0.4) is 0 Å². The van der Waals surface area contributed by atoms with Crippen LogP contribution in [0.2, 0.25) is 5.02 Å². The van der Waals surface area contributed by atoms with Crippen molar-refractivity contribution in [3.63, 3.8) is 0 Å². The Labute approximate surface area is 157 Å². The lowest BCUT2D eigenvalue weighted by molar-refractivity contribution is -0.115. The van der Waals surface area contributed by atoms with Crippen LogP contribution < -0.4 is 20.2 Å². The number of ether oxygens (including phenoxy) is 3. The van der Waals surface area contributed by atoms with Crippen molar-refractivity contribution in [3.8, 4) is 11.5 Å². The molecular weight excluding hydrogens is 362 g/mol. The van der Waals surface area contributed by atoms with Crippen LogP contribution in [0.15, 0.2) is 17.2 Å². The Morgan fingerprint density at radius 2 is 1.77 bits per heavy atom. The molecular formula is C17H24ClN3O5. The fraction of sp³-hybridized carbons (Fsp3) is 0.471. The van der Waals surface area contributed by atoms with Crippen LogP contribution in [0, 0.1) is 0 Å². The summed E-state index contributed by atoms with van der Waals surface area (Å²) < 4.78 is 15.4. The van der Waals surface area contributed by atoms with Gasteiger partial charge >= 0.3 is 6.09 Å². The SMILES string of the molecule is COc1cc(NC(=O)CC(C)=NNC(=O)OC(C)(C)C)c(OC)cc1Cl. The number of hydrogen-bond acceptors (Lipinski definition) is 6. The molecule has 144 valence electrons. The van der Waals surface area contributed by atoms with Gasteiger partial charge in [0.1, 0.15) is 17.1 Å². The van der Waals surface area contributed by atoms with Gasteiger partial charge in [-0.25, -0.2) is 10.2 Å². The van der Waals surface area contributed by atoms with Crippen molar-refractivity contribution in [2.45, 2.75) is 39.7 Å². The molecule has 0 aliphatic carbocycles. The summed E-state index contributed by atoms with van der Waals surface area (Å²) in [5.41, 5.74) is 2.42. The minimum Gasteiger partial charge on any atom is -0.495 e. The van der Waals surface area contributed by atoms with E-state index in [0.717, 1.165) is 0 Å². The number of halogens is 1. The highest BCUT2D eigenvalue weighted by atomic mass is 35.5. The molecule has 9 heteroatoms. The first kappa shape index (κ1) is 21.6. The van der Waals surface area contributed by atoms with Crippen LogP contribution in [0.4, 0.5) is 10.5 Å². The number of carbonyl (C=O) groups excluding carboxylic acids is 2. The maximum Gasteiger partial charge on any atom is 0.428 e. The Morgan fingerprint density at radius 3 is 2.31 bits per heavy atom. The molecule has 0 aliphatic rings. The zero-order valence-corrected chi connectivity index (χ0v) is 16.5. The van der Waals surface area contributed by atoms with E-state index < -0.39 is 11.7 Å². The predicted molar refractivity (Wildman–Crippen MR) is 100 cm³/mol. The van der Waals surface area contributed by atoms with Gasteiger partial charge in [-0.2, -0.15) is 5.10 Å². The van der Waals surface area contributed by atoms with Crippen LogP contribution in [0.5, 0.6) is 11.5 Å². The molecule has 2 amide bonds. The van der Waals surface area contributed by atoms with E-state index in [1.165, 1.54) is 14.2 Å². The molecule has 0 heterocycles. The van der Waals surface area contributed by atoms with E-state index in [4.69, 9.17) is 25.8 Å². The molecule has 0 saturated carbocycles. The standard InChI is InChI=1S/C17H24ClN3O5/c1-10(20-21-16(23)26-17(2,3)4)7-15(22)19-12-9-13(24-5)11(18)8-14(12)25-6/h8-9H,7H2,1-6H3,(H,19,22)(H,21,23). The van der Waals surface area contributed by atoms with E-state index in [2.05, 4.69) is 15.8 Å². The van der Waals surface area contributed by atoms with Gasteiger partial charge in [0.05, 0.1) is 31.4 Å². The fourth-order valence-electron chi connectivity index (χ4n) is 1.87. The fourth-order valence-corrected chi connectivity index (χ4v) is 2.10. The third kappa shape index (κ3) is 7.18. The van der Waals surface area contributed by atoms with Crippen LogP contribution in [0.1, 0.15) is 34.1 Å². The van der Waals surface area contributed by atoms with Gasteiger partial charge in [0.2, 0.25) is 5.91 Å². The van der Waals surface area contributed by atoms with Crippen molar-refractivity contribution < 1.29 is 23.8 Å². The van der Waals surface area contributed by atoms with E-state index in [0.29, 0.717) is 27.9 Å². The van der Waals surface area contributed by atoms with Crippen molar-refractivity contribution >= 4 is 35.0 Å². The van der Waals surface area contributed by atoms with Gasteiger partial charge in [0, 0.05) is 17.8 Å². The Kier molecular flexibility index (Phi) is 7.70. The molecule has 1 aromatic rings. The molecule has 0 saturated heterocycles. The molecule has 0 bridgehead atoms. The van der Waals surface area contributed by atoms with Crippen molar-refractivity contribution in [2.24, 2.45) is 5.10 Å². The summed E-state index contributed by atoms with van der Waals surface area (Å²) in [4.78, 5) is 23.7. The molecule has 1 aromatic carbocycles. The first-order valence-electron chi connectivity index (χ1n) is 7.79. The number of anilines is 1. The van der Waals surface area contributed by atoms with Crippen molar-refractivity contribution in [2.75, 3.05) is 19.5 Å². The van der Waals surface area contributed by atoms with Crippen molar-refractivity contribution in [1.29, 1.82) is 0 Å². The van der Waals surface area contributed by atoms with E-state index in [1.807, 2.05) is 0 Å². The van der Waals surface area contributed by atoms with E-state index >= 15 is 0 Å². The summed E-state index contributed by atoms with van der Waals surface area (Å²) in [6.07, 6.45) is -0.731. The molecule has 0 atom stereocenters. The largest absolute Gasteiger partial charge is 0.495 e. The number of benzene rings is 1. The normalized spacial score (nSPS) is 11.6. The molecule has 0 unspecified atom stereocenters. The quantitative estimate of drug-likeness (QED) is 0.576. The zero-order chi connectivity index (χ0) is 19.9. The maximum absolute atomic E-state index is 12.2. The summed E-state index contributed by atoms with van der Waals surface area (Å²) in [6.45, 7) is 6.83. The molecule has 26 heavy (non-hydrogen) atoms.